The van der Waals surface area contributed by atoms with Crippen LogP contribution in [0.1, 0.15) is 5.56 Å². The van der Waals surface area contributed by atoms with Gasteiger partial charge in [-0.3, -0.25) is 0 Å². The second-order valence-electron chi connectivity index (χ2n) is 6.24. The molecule has 8 nitrogen and oxygen atoms in total. The van der Waals surface area contributed by atoms with Crippen molar-refractivity contribution >= 4 is 36.5 Å². The molecule has 2 aromatic carbocycles. The van der Waals surface area contributed by atoms with Gasteiger partial charge in [-0.15, -0.1) is 5.10 Å². The highest BCUT2D eigenvalue weighted by Crippen LogP contribution is 2.44. The van der Waals surface area contributed by atoms with Crippen molar-refractivity contribution in [3.63, 3.8) is 0 Å². The molecule has 0 unspecified atom stereocenters. The highest BCUT2D eigenvalue weighted by Gasteiger charge is 2.39. The molecule has 4 aromatic rings. The Hall–Kier alpha value is -3.13. The van der Waals surface area contributed by atoms with Gasteiger partial charge in [0.15, 0.2) is 26.6 Å². The molecule has 14 heteroatoms. The molecule has 0 amide bonds. The smallest absolute Gasteiger partial charge is 0.375 e. The second kappa shape index (κ2) is 6.70. The lowest BCUT2D eigenvalue weighted by Crippen LogP contribution is -2.15. The maximum absolute atomic E-state index is 14.6. The number of nitrogens with zero attached hydrogens (tertiary/aromatic N) is 4. The van der Waals surface area contributed by atoms with Gasteiger partial charge in [-0.1, -0.05) is 17.4 Å². The number of anilines is 1. The second-order valence-corrected chi connectivity index (χ2v) is 9.26. The Bertz CT molecular complexity index is 1380. The van der Waals surface area contributed by atoms with Crippen molar-refractivity contribution in [1.82, 2.24) is 25.6 Å². The minimum absolute atomic E-state index is 0.000574. The lowest BCUT2D eigenvalue weighted by molar-refractivity contribution is -0.139. The van der Waals surface area contributed by atoms with Gasteiger partial charge in [0.1, 0.15) is 5.52 Å². The molecule has 0 radical (unpaired) electrons. The summed E-state index contributed by atoms with van der Waals surface area (Å²) in [5, 5.41) is 12.6. The Morgan fingerprint density at radius 3 is 2.53 bits per heavy atom. The van der Waals surface area contributed by atoms with Gasteiger partial charge in [0.05, 0.1) is 15.2 Å². The molecule has 0 aliphatic heterocycles. The van der Waals surface area contributed by atoms with E-state index < -0.39 is 37.9 Å². The van der Waals surface area contributed by atoms with Crippen LogP contribution in [0.3, 0.4) is 0 Å². The van der Waals surface area contributed by atoms with Crippen molar-refractivity contribution < 1.29 is 26.0 Å². The monoisotopic (exact) mass is 458 g/mol. The van der Waals surface area contributed by atoms with E-state index in [1.165, 1.54) is 6.07 Å². The summed E-state index contributed by atoms with van der Waals surface area (Å²) in [6, 6.07) is 4.15. The van der Waals surface area contributed by atoms with Crippen molar-refractivity contribution in [3.05, 3.63) is 35.6 Å². The predicted molar refractivity (Wildman–Crippen MR) is 101 cm³/mol. The quantitative estimate of drug-likeness (QED) is 0.451. The summed E-state index contributed by atoms with van der Waals surface area (Å²) in [6.45, 7) is 0. The maximum atomic E-state index is 14.6. The number of nitrogens with two attached hydrogens (primary N) is 1. The number of fused-ring (bicyclic) bond motifs is 1. The summed E-state index contributed by atoms with van der Waals surface area (Å²) < 4.78 is 80.5. The third-order valence-corrected chi connectivity index (χ3v) is 6.19. The van der Waals surface area contributed by atoms with E-state index in [-0.39, 0.29) is 27.6 Å². The third kappa shape index (κ3) is 3.37. The lowest BCUT2D eigenvalue weighted by atomic mass is 9.96. The number of hydrogen-bond acceptors (Lipinski definition) is 8. The number of thiazole rings is 1. The number of tetrazole rings is 1. The molecule has 156 valence electrons. The number of alkyl halides is 3. The van der Waals surface area contributed by atoms with Crippen molar-refractivity contribution in [1.29, 1.82) is 0 Å². The number of nitrogens with one attached hydrogen (secondary N) is 1. The van der Waals surface area contributed by atoms with Gasteiger partial charge >= 0.3 is 6.18 Å². The van der Waals surface area contributed by atoms with Crippen LogP contribution in [-0.2, 0) is 16.0 Å². The topological polar surface area (TPSA) is 128 Å². The Morgan fingerprint density at radius 1 is 1.20 bits per heavy atom. The van der Waals surface area contributed by atoms with Crippen LogP contribution in [0.2, 0.25) is 0 Å². The number of rotatable bonds is 3. The van der Waals surface area contributed by atoms with Gasteiger partial charge < -0.3 is 5.73 Å². The number of H-pyrrole nitrogens is 1. The van der Waals surface area contributed by atoms with E-state index in [0.717, 1.165) is 23.5 Å². The zero-order chi connectivity index (χ0) is 21.8. The van der Waals surface area contributed by atoms with Crippen LogP contribution in [0.15, 0.2) is 29.2 Å². The number of hydrogen-bond donors (Lipinski definition) is 2. The van der Waals surface area contributed by atoms with Gasteiger partial charge in [-0.2, -0.15) is 13.2 Å². The molecule has 0 spiro atoms. The summed E-state index contributed by atoms with van der Waals surface area (Å²) in [5.41, 5.74) is 3.89. The molecule has 0 saturated carbocycles. The summed E-state index contributed by atoms with van der Waals surface area (Å²) in [6.07, 6.45) is -4.33. The number of halogens is 4. The molecule has 0 fully saturated rings. The zero-order valence-electron chi connectivity index (χ0n) is 14.8. The van der Waals surface area contributed by atoms with Crippen LogP contribution in [0.4, 0.5) is 22.7 Å². The largest absolute Gasteiger partial charge is 0.417 e. The molecule has 0 aliphatic carbocycles. The van der Waals surface area contributed by atoms with E-state index in [1.54, 1.807) is 0 Å². The number of aromatic nitrogens is 5. The first-order valence-electron chi connectivity index (χ1n) is 8.01. The Labute approximate surface area is 169 Å². The van der Waals surface area contributed by atoms with E-state index >= 15 is 0 Å². The molecule has 0 bridgehead atoms. The van der Waals surface area contributed by atoms with E-state index in [1.807, 2.05) is 0 Å². The summed E-state index contributed by atoms with van der Waals surface area (Å²) >= 11 is 0.976. The first kappa shape index (κ1) is 20.2. The van der Waals surface area contributed by atoms with Crippen LogP contribution in [-0.4, -0.2) is 40.3 Å². The first-order chi connectivity index (χ1) is 14.0. The number of benzene rings is 2. The Morgan fingerprint density at radius 2 is 1.93 bits per heavy atom. The van der Waals surface area contributed by atoms with Crippen LogP contribution >= 0.6 is 11.3 Å². The number of aromatic amines is 1. The maximum Gasteiger partial charge on any atom is 0.417 e. The molecule has 3 N–H and O–H groups in total. The fraction of sp³-hybridized carbons (Fsp3) is 0.125. The van der Waals surface area contributed by atoms with Crippen molar-refractivity contribution in [2.24, 2.45) is 0 Å². The normalized spacial score (nSPS) is 12.6. The van der Waals surface area contributed by atoms with Crippen LogP contribution < -0.4 is 5.73 Å². The molecule has 0 atom stereocenters. The highest BCUT2D eigenvalue weighted by atomic mass is 32.2. The van der Waals surface area contributed by atoms with Crippen LogP contribution in [0.25, 0.3) is 32.7 Å². The average molecular weight is 458 g/mol. The summed E-state index contributed by atoms with van der Waals surface area (Å²) in [4.78, 5) is 2.84. The minimum atomic E-state index is -4.97. The predicted octanol–water partition coefficient (Wildman–Crippen LogP) is 3.29. The fourth-order valence-electron chi connectivity index (χ4n) is 3.09. The fourth-order valence-corrected chi connectivity index (χ4v) is 5.04. The zero-order valence-corrected chi connectivity index (χ0v) is 16.5. The van der Waals surface area contributed by atoms with Crippen LogP contribution in [0.5, 0.6) is 0 Å². The molecular weight excluding hydrogens is 448 g/mol. The Balaban J connectivity index is 2.14. The molecule has 4 rings (SSSR count). The Kier molecular flexibility index (Phi) is 4.50. The SMILES string of the molecule is CS(=O)(=O)c1c(C(F)(F)F)ccc(-c2cc(F)c3nc(N)sc3c2)c1-c1nnn[nH]1. The van der Waals surface area contributed by atoms with Gasteiger partial charge in [0, 0.05) is 11.8 Å². The first-order valence-corrected chi connectivity index (χ1v) is 10.7. The minimum Gasteiger partial charge on any atom is -0.375 e. The van der Waals surface area contributed by atoms with E-state index in [9.17, 15) is 26.0 Å². The summed E-state index contributed by atoms with van der Waals surface area (Å²) in [7, 11) is -4.41. The number of nitrogen functional groups attached to an aromatic ring is 1. The standard InChI is InChI=1S/C16H10F4N6O2S2/c1-30(27,28)13-8(16(18,19)20)3-2-7(11(13)14-23-25-26-24-14)6-4-9(17)12-10(5-6)29-15(21)22-12/h2-5H,1H3,(H2,21,22)(H,23,24,25,26). The molecule has 0 aliphatic rings. The van der Waals surface area contributed by atoms with Gasteiger partial charge in [-0.05, 0) is 39.8 Å². The molecule has 2 heterocycles. The average Bonchev–Trinajstić information content (AvgIpc) is 3.28. The van der Waals surface area contributed by atoms with E-state index in [4.69, 9.17) is 5.73 Å². The lowest BCUT2D eigenvalue weighted by Gasteiger charge is -2.18. The highest BCUT2D eigenvalue weighted by molar-refractivity contribution is 7.91. The van der Waals surface area contributed by atoms with Gasteiger partial charge in [0.25, 0.3) is 0 Å². The molecule has 2 aromatic heterocycles. The molecule has 0 saturated heterocycles. The number of sulfone groups is 1. The van der Waals surface area contributed by atoms with Gasteiger partial charge in [-0.25, -0.2) is 22.9 Å². The third-order valence-electron chi connectivity index (χ3n) is 4.19. The van der Waals surface area contributed by atoms with Crippen molar-refractivity contribution in [3.8, 4) is 22.5 Å². The molecular formula is C16H10F4N6O2S2. The van der Waals surface area contributed by atoms with Gasteiger partial charge in [0.2, 0.25) is 0 Å². The molecule has 30 heavy (non-hydrogen) atoms. The van der Waals surface area contributed by atoms with Crippen LogP contribution in [0, 0.1) is 5.82 Å². The van der Waals surface area contributed by atoms with Crippen molar-refractivity contribution in [2.45, 2.75) is 11.1 Å². The van der Waals surface area contributed by atoms with E-state index in [0.29, 0.717) is 17.0 Å². The van der Waals surface area contributed by atoms with E-state index in [2.05, 4.69) is 25.6 Å². The summed E-state index contributed by atoms with van der Waals surface area (Å²) in [5.74, 6) is -1.08. The van der Waals surface area contributed by atoms with Crippen molar-refractivity contribution in [2.75, 3.05) is 12.0 Å².